The molecule has 15 heavy (non-hydrogen) atoms. The summed E-state index contributed by atoms with van der Waals surface area (Å²) >= 11 is 3.19. The first kappa shape index (κ1) is 12.4. The first-order chi connectivity index (χ1) is 7.00. The lowest BCUT2D eigenvalue weighted by Crippen LogP contribution is -2.09. The highest BCUT2D eigenvalue weighted by molar-refractivity contribution is 9.09. The molecule has 0 amide bonds. The predicted octanol–water partition coefficient (Wildman–Crippen LogP) is 3.65. The molecule has 0 radical (unpaired) electrons. The van der Waals surface area contributed by atoms with E-state index < -0.39 is 11.7 Å². The van der Waals surface area contributed by atoms with E-state index in [1.54, 1.807) is 6.07 Å². The quantitative estimate of drug-likeness (QED) is 0.769. The van der Waals surface area contributed by atoms with Gasteiger partial charge in [-0.05, 0) is 18.1 Å². The summed E-state index contributed by atoms with van der Waals surface area (Å²) in [5, 5.41) is 0.602. The molecule has 1 rings (SSSR count). The summed E-state index contributed by atoms with van der Waals surface area (Å²) in [7, 11) is 1.25. The standard InChI is InChI=1S/C10H10BrF3O/c1-15-9-7(5-6-11)3-2-4-8(9)10(12,13)14/h2-4H,5-6H2,1H3. The Morgan fingerprint density at radius 3 is 2.47 bits per heavy atom. The third-order valence-electron chi connectivity index (χ3n) is 1.97. The number of para-hydroxylation sites is 1. The van der Waals surface area contributed by atoms with Gasteiger partial charge in [-0.3, -0.25) is 0 Å². The van der Waals surface area contributed by atoms with Crippen molar-refractivity contribution >= 4 is 15.9 Å². The maximum atomic E-state index is 12.6. The van der Waals surface area contributed by atoms with Crippen molar-refractivity contribution < 1.29 is 17.9 Å². The number of alkyl halides is 4. The van der Waals surface area contributed by atoms with E-state index in [1.165, 1.54) is 13.2 Å². The molecule has 0 aliphatic heterocycles. The Labute approximate surface area is 94.4 Å². The van der Waals surface area contributed by atoms with Crippen LogP contribution in [0.5, 0.6) is 5.75 Å². The van der Waals surface area contributed by atoms with E-state index in [9.17, 15) is 13.2 Å². The first-order valence-electron chi connectivity index (χ1n) is 4.29. The van der Waals surface area contributed by atoms with E-state index in [0.29, 0.717) is 17.3 Å². The summed E-state index contributed by atoms with van der Waals surface area (Å²) in [5.41, 5.74) is -0.160. The number of hydrogen-bond donors (Lipinski definition) is 0. The van der Waals surface area contributed by atoms with Crippen LogP contribution in [0.3, 0.4) is 0 Å². The van der Waals surface area contributed by atoms with Gasteiger partial charge < -0.3 is 4.74 Å². The minimum Gasteiger partial charge on any atom is -0.496 e. The van der Waals surface area contributed by atoms with Gasteiger partial charge in [-0.1, -0.05) is 28.1 Å². The summed E-state index contributed by atoms with van der Waals surface area (Å²) in [6.45, 7) is 0. The van der Waals surface area contributed by atoms with Crippen LogP contribution >= 0.6 is 15.9 Å². The molecular formula is C10H10BrF3O. The third kappa shape index (κ3) is 2.87. The molecule has 0 bridgehead atoms. The second-order valence-corrected chi connectivity index (χ2v) is 3.73. The molecule has 1 aromatic rings. The molecule has 0 fully saturated rings. The van der Waals surface area contributed by atoms with Crippen LogP contribution in [0, 0.1) is 0 Å². The summed E-state index contributed by atoms with van der Waals surface area (Å²) < 4.78 is 42.5. The van der Waals surface area contributed by atoms with E-state index >= 15 is 0 Å². The highest BCUT2D eigenvalue weighted by Crippen LogP contribution is 2.38. The van der Waals surface area contributed by atoms with Crippen molar-refractivity contribution in [2.45, 2.75) is 12.6 Å². The average Bonchev–Trinajstić information content (AvgIpc) is 2.16. The Morgan fingerprint density at radius 2 is 2.00 bits per heavy atom. The van der Waals surface area contributed by atoms with E-state index in [-0.39, 0.29) is 5.75 Å². The van der Waals surface area contributed by atoms with Crippen molar-refractivity contribution in [2.24, 2.45) is 0 Å². The van der Waals surface area contributed by atoms with Gasteiger partial charge in [0.15, 0.2) is 0 Å². The second-order valence-electron chi connectivity index (χ2n) is 2.93. The molecule has 0 saturated heterocycles. The van der Waals surface area contributed by atoms with Crippen LogP contribution in [0.1, 0.15) is 11.1 Å². The summed E-state index contributed by atoms with van der Waals surface area (Å²) in [6.07, 6.45) is -3.86. The van der Waals surface area contributed by atoms with Gasteiger partial charge in [0.25, 0.3) is 0 Å². The zero-order chi connectivity index (χ0) is 11.5. The smallest absolute Gasteiger partial charge is 0.419 e. The molecule has 0 aliphatic carbocycles. The molecule has 1 aromatic carbocycles. The van der Waals surface area contributed by atoms with Crippen molar-refractivity contribution in [1.29, 1.82) is 0 Å². The van der Waals surface area contributed by atoms with Crippen LogP contribution < -0.4 is 4.74 Å². The lowest BCUT2D eigenvalue weighted by Gasteiger charge is -2.14. The fourth-order valence-electron chi connectivity index (χ4n) is 1.35. The summed E-state index contributed by atoms with van der Waals surface area (Å²) in [5.74, 6) is -0.0792. The number of benzene rings is 1. The van der Waals surface area contributed by atoms with Crippen molar-refractivity contribution in [3.8, 4) is 5.75 Å². The zero-order valence-corrected chi connectivity index (χ0v) is 9.65. The van der Waals surface area contributed by atoms with E-state index in [2.05, 4.69) is 15.9 Å². The Bertz CT molecular complexity index is 336. The fraction of sp³-hybridized carbons (Fsp3) is 0.400. The van der Waals surface area contributed by atoms with Crippen LogP contribution in [0.2, 0.25) is 0 Å². The van der Waals surface area contributed by atoms with Crippen LogP contribution in [-0.4, -0.2) is 12.4 Å². The van der Waals surface area contributed by atoms with Gasteiger partial charge in [0, 0.05) is 5.33 Å². The molecule has 0 aliphatic rings. The van der Waals surface area contributed by atoms with Gasteiger partial charge in [0.1, 0.15) is 5.75 Å². The molecule has 0 saturated carbocycles. The van der Waals surface area contributed by atoms with Crippen LogP contribution in [0.4, 0.5) is 13.2 Å². The Kier molecular flexibility index (Phi) is 4.02. The Balaban J connectivity index is 3.22. The van der Waals surface area contributed by atoms with Gasteiger partial charge in [-0.25, -0.2) is 0 Å². The monoisotopic (exact) mass is 282 g/mol. The number of halogens is 4. The van der Waals surface area contributed by atoms with Crippen LogP contribution in [0.25, 0.3) is 0 Å². The Morgan fingerprint density at radius 1 is 1.33 bits per heavy atom. The van der Waals surface area contributed by atoms with Crippen molar-refractivity contribution in [3.05, 3.63) is 29.3 Å². The van der Waals surface area contributed by atoms with Crippen molar-refractivity contribution in [1.82, 2.24) is 0 Å². The third-order valence-corrected chi connectivity index (χ3v) is 2.37. The van der Waals surface area contributed by atoms with E-state index in [4.69, 9.17) is 4.74 Å². The molecule has 1 nitrogen and oxygen atoms in total. The minimum absolute atomic E-state index is 0.0792. The predicted molar refractivity (Wildman–Crippen MR) is 55.5 cm³/mol. The van der Waals surface area contributed by atoms with Crippen molar-refractivity contribution in [3.63, 3.8) is 0 Å². The molecule has 0 aromatic heterocycles. The van der Waals surface area contributed by atoms with Gasteiger partial charge in [0.05, 0.1) is 12.7 Å². The number of ether oxygens (including phenoxy) is 1. The number of rotatable bonds is 3. The molecule has 0 N–H and O–H groups in total. The molecule has 0 atom stereocenters. The molecule has 0 heterocycles. The largest absolute Gasteiger partial charge is 0.496 e. The highest BCUT2D eigenvalue weighted by Gasteiger charge is 2.34. The maximum Gasteiger partial charge on any atom is 0.419 e. The fourth-order valence-corrected chi connectivity index (χ4v) is 1.77. The molecular weight excluding hydrogens is 273 g/mol. The lowest BCUT2D eigenvalue weighted by molar-refractivity contribution is -0.138. The highest BCUT2D eigenvalue weighted by atomic mass is 79.9. The Hall–Kier alpha value is -0.710. The normalized spacial score (nSPS) is 11.5. The molecule has 0 spiro atoms. The molecule has 0 unspecified atom stereocenters. The van der Waals surface area contributed by atoms with Gasteiger partial charge in [0.2, 0.25) is 0 Å². The van der Waals surface area contributed by atoms with Crippen LogP contribution in [-0.2, 0) is 12.6 Å². The topological polar surface area (TPSA) is 9.23 Å². The first-order valence-corrected chi connectivity index (χ1v) is 5.42. The van der Waals surface area contributed by atoms with E-state index in [0.717, 1.165) is 6.07 Å². The van der Waals surface area contributed by atoms with E-state index in [1.807, 2.05) is 0 Å². The number of methoxy groups -OCH3 is 1. The summed E-state index contributed by atoms with van der Waals surface area (Å²) in [4.78, 5) is 0. The average molecular weight is 283 g/mol. The zero-order valence-electron chi connectivity index (χ0n) is 8.07. The number of aryl methyl sites for hydroxylation is 1. The molecule has 5 heteroatoms. The van der Waals surface area contributed by atoms with Gasteiger partial charge in [-0.15, -0.1) is 0 Å². The SMILES string of the molecule is COc1c(CCBr)cccc1C(F)(F)F. The minimum atomic E-state index is -4.37. The number of hydrogen-bond acceptors (Lipinski definition) is 1. The van der Waals surface area contributed by atoms with Gasteiger partial charge in [-0.2, -0.15) is 13.2 Å². The second kappa shape index (κ2) is 4.88. The van der Waals surface area contributed by atoms with Gasteiger partial charge >= 0.3 is 6.18 Å². The maximum absolute atomic E-state index is 12.6. The van der Waals surface area contributed by atoms with Crippen LogP contribution in [0.15, 0.2) is 18.2 Å². The lowest BCUT2D eigenvalue weighted by atomic mass is 10.1. The molecule has 84 valence electrons. The summed E-state index contributed by atoms with van der Waals surface area (Å²) in [6, 6.07) is 4.05. The van der Waals surface area contributed by atoms with Crippen molar-refractivity contribution in [2.75, 3.05) is 12.4 Å².